The van der Waals surface area contributed by atoms with Crippen LogP contribution in [0.3, 0.4) is 0 Å². The van der Waals surface area contributed by atoms with Crippen LogP contribution in [0.15, 0.2) is 39.3 Å². The number of allylic oxidation sites excluding steroid dienone is 1. The lowest BCUT2D eigenvalue weighted by molar-refractivity contribution is 0.317. The summed E-state index contributed by atoms with van der Waals surface area (Å²) >= 11 is 6.63. The second-order valence-electron chi connectivity index (χ2n) is 4.52. The van der Waals surface area contributed by atoms with E-state index in [4.69, 9.17) is 4.74 Å². The van der Waals surface area contributed by atoms with Crippen molar-refractivity contribution in [3.63, 3.8) is 0 Å². The van der Waals surface area contributed by atoms with Gasteiger partial charge in [-0.3, -0.25) is 0 Å². The van der Waals surface area contributed by atoms with Crippen molar-refractivity contribution < 1.29 is 14.2 Å². The minimum atomic E-state index is -0.473. The molecule has 0 fully saturated rings. The van der Waals surface area contributed by atoms with E-state index in [1.165, 1.54) is 18.2 Å². The van der Waals surface area contributed by atoms with E-state index in [-0.39, 0.29) is 22.6 Å². The predicted octanol–water partition coefficient (Wildman–Crippen LogP) is 5.52. The number of benzene rings is 2. The van der Waals surface area contributed by atoms with Crippen LogP contribution in [-0.2, 0) is 0 Å². The average molecular weight is 441 g/mol. The van der Waals surface area contributed by atoms with Gasteiger partial charge in [0.25, 0.3) is 0 Å². The van der Waals surface area contributed by atoms with E-state index in [1.807, 2.05) is 6.07 Å². The normalized spacial score (nSPS) is 11.2. The van der Waals surface area contributed by atoms with Crippen molar-refractivity contribution in [1.82, 2.24) is 0 Å². The van der Waals surface area contributed by atoms with Crippen molar-refractivity contribution in [3.8, 4) is 17.6 Å². The molecule has 6 heteroatoms. The lowest BCUT2D eigenvalue weighted by atomic mass is 10.0. The first kappa shape index (κ1) is 17.5. The van der Waals surface area contributed by atoms with Crippen molar-refractivity contribution in [2.24, 2.45) is 0 Å². The first-order chi connectivity index (χ1) is 11.0. The standard InChI is InChI=1S/C17H12Br2FNO2/c1-2-23-14-8-10(15(18)16(19)17(14)22)7-11(9-21)12-5-3-4-6-13(12)20/h3-8,22H,2H2,1H3. The summed E-state index contributed by atoms with van der Waals surface area (Å²) in [5.41, 5.74) is 0.964. The molecule has 0 aliphatic heterocycles. The number of phenols is 1. The first-order valence-electron chi connectivity index (χ1n) is 6.70. The van der Waals surface area contributed by atoms with Crippen LogP contribution >= 0.6 is 31.9 Å². The SMILES string of the molecule is CCOc1cc(C=C(C#N)c2ccccc2F)c(Br)c(Br)c1O. The summed E-state index contributed by atoms with van der Waals surface area (Å²) in [4.78, 5) is 0. The summed E-state index contributed by atoms with van der Waals surface area (Å²) < 4.78 is 20.2. The number of nitriles is 1. The van der Waals surface area contributed by atoms with Gasteiger partial charge in [-0.05, 0) is 62.6 Å². The molecular formula is C17H12Br2FNO2. The number of phenolic OH excluding ortho intramolecular Hbond substituents is 1. The van der Waals surface area contributed by atoms with E-state index in [9.17, 15) is 14.8 Å². The van der Waals surface area contributed by atoms with Gasteiger partial charge in [-0.15, -0.1) is 0 Å². The first-order valence-corrected chi connectivity index (χ1v) is 8.28. The van der Waals surface area contributed by atoms with E-state index >= 15 is 0 Å². The van der Waals surface area contributed by atoms with Crippen LogP contribution < -0.4 is 4.74 Å². The molecule has 0 amide bonds. The van der Waals surface area contributed by atoms with Crippen molar-refractivity contribution in [3.05, 3.63) is 56.2 Å². The van der Waals surface area contributed by atoms with E-state index in [1.54, 1.807) is 25.1 Å². The number of hydrogen-bond donors (Lipinski definition) is 1. The third-order valence-corrected chi connectivity index (χ3v) is 5.22. The van der Waals surface area contributed by atoms with Crippen molar-refractivity contribution in [2.75, 3.05) is 6.61 Å². The van der Waals surface area contributed by atoms with E-state index in [2.05, 4.69) is 31.9 Å². The molecule has 0 bridgehead atoms. The molecule has 2 rings (SSSR count). The summed E-state index contributed by atoms with van der Waals surface area (Å²) in [6, 6.07) is 9.66. The molecule has 1 N–H and O–H groups in total. The number of ether oxygens (including phenoxy) is 1. The molecule has 0 unspecified atom stereocenters. The smallest absolute Gasteiger partial charge is 0.173 e. The van der Waals surface area contributed by atoms with Gasteiger partial charge in [0.1, 0.15) is 5.82 Å². The molecule has 0 aromatic heterocycles. The van der Waals surface area contributed by atoms with Gasteiger partial charge in [-0.25, -0.2) is 4.39 Å². The van der Waals surface area contributed by atoms with Gasteiger partial charge in [0.15, 0.2) is 11.5 Å². The maximum Gasteiger partial charge on any atom is 0.173 e. The van der Waals surface area contributed by atoms with Gasteiger partial charge in [-0.2, -0.15) is 5.26 Å². The highest BCUT2D eigenvalue weighted by atomic mass is 79.9. The molecule has 0 aliphatic rings. The lowest BCUT2D eigenvalue weighted by Gasteiger charge is -2.11. The Bertz CT molecular complexity index is 813. The summed E-state index contributed by atoms with van der Waals surface area (Å²) in [6.45, 7) is 2.17. The second kappa shape index (κ2) is 7.62. The highest BCUT2D eigenvalue weighted by Gasteiger charge is 2.15. The van der Waals surface area contributed by atoms with Crippen LogP contribution in [0, 0.1) is 17.1 Å². The molecule has 2 aromatic carbocycles. The Balaban J connectivity index is 2.61. The monoisotopic (exact) mass is 439 g/mol. The summed E-state index contributed by atoms with van der Waals surface area (Å²) in [7, 11) is 0. The number of aromatic hydroxyl groups is 1. The molecule has 0 aliphatic carbocycles. The van der Waals surface area contributed by atoms with Crippen LogP contribution in [0.2, 0.25) is 0 Å². The molecule has 0 radical (unpaired) electrons. The number of nitrogens with zero attached hydrogens (tertiary/aromatic N) is 1. The molecule has 0 saturated carbocycles. The molecule has 23 heavy (non-hydrogen) atoms. The Morgan fingerprint density at radius 2 is 2.04 bits per heavy atom. The predicted molar refractivity (Wildman–Crippen MR) is 94.6 cm³/mol. The Kier molecular flexibility index (Phi) is 5.80. The van der Waals surface area contributed by atoms with Crippen molar-refractivity contribution in [1.29, 1.82) is 5.26 Å². The number of rotatable bonds is 4. The highest BCUT2D eigenvalue weighted by Crippen LogP contribution is 2.43. The van der Waals surface area contributed by atoms with Gasteiger partial charge in [0.2, 0.25) is 0 Å². The van der Waals surface area contributed by atoms with Gasteiger partial charge in [0, 0.05) is 10.0 Å². The van der Waals surface area contributed by atoms with Crippen molar-refractivity contribution >= 4 is 43.5 Å². The molecular weight excluding hydrogens is 429 g/mol. The van der Waals surface area contributed by atoms with Crippen molar-refractivity contribution in [2.45, 2.75) is 6.92 Å². The third-order valence-electron chi connectivity index (χ3n) is 3.06. The van der Waals surface area contributed by atoms with Crippen LogP contribution in [0.5, 0.6) is 11.5 Å². The van der Waals surface area contributed by atoms with Gasteiger partial charge < -0.3 is 9.84 Å². The maximum absolute atomic E-state index is 13.9. The van der Waals surface area contributed by atoms with E-state index < -0.39 is 5.82 Å². The quantitative estimate of drug-likeness (QED) is 0.503. The Morgan fingerprint density at radius 3 is 2.65 bits per heavy atom. The van der Waals surface area contributed by atoms with Crippen LogP contribution in [0.4, 0.5) is 4.39 Å². The molecule has 2 aromatic rings. The van der Waals surface area contributed by atoms with Crippen LogP contribution in [0.1, 0.15) is 18.1 Å². The minimum absolute atomic E-state index is 0.0414. The highest BCUT2D eigenvalue weighted by molar-refractivity contribution is 9.13. The zero-order valence-corrected chi connectivity index (χ0v) is 15.3. The zero-order valence-electron chi connectivity index (χ0n) is 12.1. The maximum atomic E-state index is 13.9. The average Bonchev–Trinajstić information content (AvgIpc) is 2.55. The summed E-state index contributed by atoms with van der Waals surface area (Å²) in [6.07, 6.45) is 1.54. The van der Waals surface area contributed by atoms with E-state index in [0.717, 1.165) is 0 Å². The lowest BCUT2D eigenvalue weighted by Crippen LogP contribution is -1.94. The Hall–Kier alpha value is -1.84. The molecule has 0 spiro atoms. The molecule has 3 nitrogen and oxygen atoms in total. The fraction of sp³-hybridized carbons (Fsp3) is 0.118. The largest absolute Gasteiger partial charge is 0.503 e. The van der Waals surface area contributed by atoms with Gasteiger partial charge >= 0.3 is 0 Å². The molecule has 0 saturated heterocycles. The fourth-order valence-electron chi connectivity index (χ4n) is 1.99. The van der Waals surface area contributed by atoms with Gasteiger partial charge in [0.05, 0.1) is 22.7 Å². The molecule has 0 atom stereocenters. The van der Waals surface area contributed by atoms with Crippen LogP contribution in [-0.4, -0.2) is 11.7 Å². The topological polar surface area (TPSA) is 53.2 Å². The number of halogens is 3. The molecule has 118 valence electrons. The third kappa shape index (κ3) is 3.74. The Morgan fingerprint density at radius 1 is 1.35 bits per heavy atom. The van der Waals surface area contributed by atoms with Gasteiger partial charge in [-0.1, -0.05) is 18.2 Å². The summed E-state index contributed by atoms with van der Waals surface area (Å²) in [5.74, 6) is -0.237. The second-order valence-corrected chi connectivity index (χ2v) is 6.11. The zero-order chi connectivity index (χ0) is 17.0. The minimum Gasteiger partial charge on any atom is -0.503 e. The Labute approximate surface area is 150 Å². The van der Waals surface area contributed by atoms with E-state index in [0.29, 0.717) is 21.1 Å². The molecule has 0 heterocycles. The van der Waals surface area contributed by atoms with Crippen LogP contribution in [0.25, 0.3) is 11.6 Å². The number of hydrogen-bond acceptors (Lipinski definition) is 3. The fourth-order valence-corrected chi connectivity index (χ4v) is 2.83. The summed E-state index contributed by atoms with van der Waals surface area (Å²) in [5, 5.41) is 19.4.